The van der Waals surface area contributed by atoms with Crippen LogP contribution in [0.2, 0.25) is 0 Å². The second-order valence-electron chi connectivity index (χ2n) is 4.62. The third kappa shape index (κ3) is 4.83. The van der Waals surface area contributed by atoms with E-state index in [4.69, 9.17) is 5.11 Å². The molecule has 0 unspecified atom stereocenters. The highest BCUT2D eigenvalue weighted by Crippen LogP contribution is 2.26. The average Bonchev–Trinajstić information content (AvgIpc) is 2.30. The van der Waals surface area contributed by atoms with Crippen LogP contribution in [-0.4, -0.2) is 23.7 Å². The SMILES string of the molecule is CC(C)(CNC(=O)Nc1ccc(Br)cc1Br)C(=O)O. The van der Waals surface area contributed by atoms with Crippen molar-refractivity contribution in [1.82, 2.24) is 5.32 Å². The summed E-state index contributed by atoms with van der Waals surface area (Å²) in [6.07, 6.45) is 0. The van der Waals surface area contributed by atoms with Gasteiger partial charge in [0.2, 0.25) is 0 Å². The summed E-state index contributed by atoms with van der Waals surface area (Å²) in [5, 5.41) is 14.1. The van der Waals surface area contributed by atoms with Crippen LogP contribution in [0.25, 0.3) is 0 Å². The molecule has 1 aromatic rings. The van der Waals surface area contributed by atoms with Crippen molar-refractivity contribution in [1.29, 1.82) is 0 Å². The van der Waals surface area contributed by atoms with E-state index in [0.29, 0.717) is 5.69 Å². The number of urea groups is 1. The quantitative estimate of drug-likeness (QED) is 0.733. The number of aliphatic carboxylic acids is 1. The predicted octanol–water partition coefficient (Wildman–Crippen LogP) is 3.44. The molecule has 3 N–H and O–H groups in total. The van der Waals surface area contributed by atoms with Crippen molar-refractivity contribution in [3.8, 4) is 0 Å². The minimum absolute atomic E-state index is 0.0440. The Morgan fingerprint density at radius 2 is 1.95 bits per heavy atom. The maximum absolute atomic E-state index is 11.7. The lowest BCUT2D eigenvalue weighted by atomic mass is 9.94. The van der Waals surface area contributed by atoms with Crippen molar-refractivity contribution in [3.05, 3.63) is 27.1 Å². The number of anilines is 1. The number of benzene rings is 1. The molecule has 0 aliphatic rings. The molecule has 7 heteroatoms. The Morgan fingerprint density at radius 1 is 1.32 bits per heavy atom. The minimum Gasteiger partial charge on any atom is -0.481 e. The molecule has 0 radical (unpaired) electrons. The molecule has 0 aliphatic carbocycles. The molecule has 0 bridgehead atoms. The minimum atomic E-state index is -1.01. The lowest BCUT2D eigenvalue weighted by Crippen LogP contribution is -2.40. The van der Waals surface area contributed by atoms with Crippen molar-refractivity contribution < 1.29 is 14.7 Å². The van der Waals surface area contributed by atoms with Gasteiger partial charge < -0.3 is 15.7 Å². The van der Waals surface area contributed by atoms with Crippen LogP contribution in [0.3, 0.4) is 0 Å². The van der Waals surface area contributed by atoms with E-state index in [2.05, 4.69) is 42.5 Å². The first-order chi connectivity index (χ1) is 8.72. The number of carboxylic acids is 1. The molecule has 0 saturated heterocycles. The maximum atomic E-state index is 11.7. The van der Waals surface area contributed by atoms with E-state index in [1.165, 1.54) is 0 Å². The van der Waals surface area contributed by atoms with E-state index in [0.717, 1.165) is 8.95 Å². The van der Waals surface area contributed by atoms with Gasteiger partial charge in [0.25, 0.3) is 0 Å². The molecule has 5 nitrogen and oxygen atoms in total. The second-order valence-corrected chi connectivity index (χ2v) is 6.39. The number of hydrogen-bond acceptors (Lipinski definition) is 2. The predicted molar refractivity (Wildman–Crippen MR) is 80.3 cm³/mol. The lowest BCUT2D eigenvalue weighted by Gasteiger charge is -2.19. The van der Waals surface area contributed by atoms with Crippen molar-refractivity contribution >= 4 is 49.5 Å². The standard InChI is InChI=1S/C12H14Br2N2O3/c1-12(2,10(17)18)6-15-11(19)16-9-4-3-7(13)5-8(9)14/h3-5H,6H2,1-2H3,(H,17,18)(H2,15,16,19). The highest BCUT2D eigenvalue weighted by Gasteiger charge is 2.27. The maximum Gasteiger partial charge on any atom is 0.319 e. The van der Waals surface area contributed by atoms with E-state index in [1.807, 2.05) is 0 Å². The van der Waals surface area contributed by atoms with Gasteiger partial charge >= 0.3 is 12.0 Å². The fourth-order valence-corrected chi connectivity index (χ4v) is 2.28. The normalized spacial score (nSPS) is 10.9. The fourth-order valence-electron chi connectivity index (χ4n) is 1.13. The van der Waals surface area contributed by atoms with Gasteiger partial charge in [0.05, 0.1) is 11.1 Å². The molecule has 1 aromatic carbocycles. The van der Waals surface area contributed by atoms with Crippen LogP contribution in [0.1, 0.15) is 13.8 Å². The van der Waals surface area contributed by atoms with Crippen LogP contribution in [-0.2, 0) is 4.79 Å². The summed E-state index contributed by atoms with van der Waals surface area (Å²) >= 11 is 6.63. The van der Waals surface area contributed by atoms with Crippen molar-refractivity contribution in [2.45, 2.75) is 13.8 Å². The van der Waals surface area contributed by atoms with Crippen molar-refractivity contribution in [3.63, 3.8) is 0 Å². The van der Waals surface area contributed by atoms with Crippen LogP contribution in [0.15, 0.2) is 27.1 Å². The first-order valence-corrected chi connectivity index (χ1v) is 7.04. The van der Waals surface area contributed by atoms with Crippen LogP contribution < -0.4 is 10.6 Å². The zero-order valence-corrected chi connectivity index (χ0v) is 13.6. The smallest absolute Gasteiger partial charge is 0.319 e. The van der Waals surface area contributed by atoms with E-state index < -0.39 is 17.4 Å². The zero-order chi connectivity index (χ0) is 14.6. The number of amides is 2. The van der Waals surface area contributed by atoms with Gasteiger partial charge in [-0.1, -0.05) is 15.9 Å². The fraction of sp³-hybridized carbons (Fsp3) is 0.333. The molecule has 0 fully saturated rings. The number of carbonyl (C=O) groups excluding carboxylic acids is 1. The Labute approximate surface area is 128 Å². The van der Waals surface area contributed by atoms with Crippen molar-refractivity contribution in [2.24, 2.45) is 5.41 Å². The van der Waals surface area contributed by atoms with Gasteiger partial charge in [-0.15, -0.1) is 0 Å². The Kier molecular flexibility index (Phi) is 5.37. The molecule has 0 aliphatic heterocycles. The van der Waals surface area contributed by atoms with Gasteiger partial charge in [0, 0.05) is 15.5 Å². The van der Waals surface area contributed by atoms with Crippen LogP contribution in [0.5, 0.6) is 0 Å². The zero-order valence-electron chi connectivity index (χ0n) is 10.5. The molecule has 0 saturated carbocycles. The van der Waals surface area contributed by atoms with Gasteiger partial charge in [-0.05, 0) is 48.0 Å². The Hall–Kier alpha value is -1.08. The first-order valence-electron chi connectivity index (χ1n) is 5.45. The summed E-state index contributed by atoms with van der Waals surface area (Å²) < 4.78 is 1.62. The molecule has 2 amide bonds. The number of carboxylic acid groups (broad SMARTS) is 1. The highest BCUT2D eigenvalue weighted by molar-refractivity contribution is 9.11. The van der Waals surface area contributed by atoms with Crippen LogP contribution >= 0.6 is 31.9 Å². The summed E-state index contributed by atoms with van der Waals surface area (Å²) in [5.74, 6) is -0.961. The third-order valence-electron chi connectivity index (χ3n) is 2.45. The Morgan fingerprint density at radius 3 is 2.47 bits per heavy atom. The Bertz CT molecular complexity index is 504. The molecule has 0 aromatic heterocycles. The first kappa shape index (κ1) is 16.0. The largest absolute Gasteiger partial charge is 0.481 e. The summed E-state index contributed by atoms with van der Waals surface area (Å²) in [5.41, 5.74) is -0.400. The number of halogens is 2. The number of nitrogens with one attached hydrogen (secondary N) is 2. The van der Waals surface area contributed by atoms with E-state index >= 15 is 0 Å². The van der Waals surface area contributed by atoms with Gasteiger partial charge in [-0.3, -0.25) is 4.79 Å². The average molecular weight is 394 g/mol. The highest BCUT2D eigenvalue weighted by atomic mass is 79.9. The van der Waals surface area contributed by atoms with Gasteiger partial charge in [0.1, 0.15) is 0 Å². The van der Waals surface area contributed by atoms with Gasteiger partial charge in [-0.25, -0.2) is 4.79 Å². The third-order valence-corrected chi connectivity index (χ3v) is 3.60. The Balaban J connectivity index is 2.59. The number of hydrogen-bond donors (Lipinski definition) is 3. The van der Waals surface area contributed by atoms with Gasteiger partial charge in [-0.2, -0.15) is 0 Å². The number of carbonyl (C=O) groups is 2. The molecule has 0 heterocycles. The summed E-state index contributed by atoms with van der Waals surface area (Å²) in [7, 11) is 0. The molecule has 19 heavy (non-hydrogen) atoms. The van der Waals surface area contributed by atoms with Crippen molar-refractivity contribution in [2.75, 3.05) is 11.9 Å². The van der Waals surface area contributed by atoms with E-state index in [-0.39, 0.29) is 6.54 Å². The summed E-state index contributed by atoms with van der Waals surface area (Å²) in [6.45, 7) is 3.14. The molecule has 104 valence electrons. The monoisotopic (exact) mass is 392 g/mol. The van der Waals surface area contributed by atoms with Gasteiger partial charge in [0.15, 0.2) is 0 Å². The van der Waals surface area contributed by atoms with E-state index in [1.54, 1.807) is 32.0 Å². The molecular weight excluding hydrogens is 380 g/mol. The molecule has 1 rings (SSSR count). The number of rotatable bonds is 4. The van der Waals surface area contributed by atoms with Crippen LogP contribution in [0, 0.1) is 5.41 Å². The molecule has 0 spiro atoms. The molecular formula is C12H14Br2N2O3. The second kappa shape index (κ2) is 6.38. The van der Waals surface area contributed by atoms with Crippen LogP contribution in [0.4, 0.5) is 10.5 Å². The topological polar surface area (TPSA) is 78.4 Å². The molecule has 0 atom stereocenters. The summed E-state index contributed by atoms with van der Waals surface area (Å²) in [4.78, 5) is 22.6. The lowest BCUT2D eigenvalue weighted by molar-refractivity contribution is -0.146. The van der Waals surface area contributed by atoms with E-state index in [9.17, 15) is 9.59 Å². The summed E-state index contributed by atoms with van der Waals surface area (Å²) in [6, 6.07) is 4.88.